The molecule has 0 aromatic heterocycles. The Labute approximate surface area is 114 Å². The first-order valence-electron chi connectivity index (χ1n) is 6.38. The van der Waals surface area contributed by atoms with Crippen molar-refractivity contribution in [3.8, 4) is 0 Å². The number of halogens is 1. The summed E-state index contributed by atoms with van der Waals surface area (Å²) in [5.41, 5.74) is 0. The first-order chi connectivity index (χ1) is 8.26. The number of thioether (sulfide) groups is 1. The highest BCUT2D eigenvalue weighted by Crippen LogP contribution is 2.23. The minimum atomic E-state index is 0.615. The van der Waals surface area contributed by atoms with Gasteiger partial charge in [0.25, 0.3) is 0 Å². The largest absolute Gasteiger partial charge is 0.313 e. The predicted molar refractivity (Wildman–Crippen MR) is 79.2 cm³/mol. The number of hydrogen-bond donors (Lipinski definition) is 1. The molecule has 1 rings (SSSR count). The lowest BCUT2D eigenvalue weighted by Crippen LogP contribution is -2.31. The molecule has 0 aliphatic carbocycles. The number of nitrogens with one attached hydrogen (secondary N) is 1. The predicted octanol–water partition coefficient (Wildman–Crippen LogP) is 4.60. The van der Waals surface area contributed by atoms with E-state index in [1.165, 1.54) is 24.2 Å². The Kier molecular flexibility index (Phi) is 7.74. The zero-order valence-electron chi connectivity index (χ0n) is 10.7. The van der Waals surface area contributed by atoms with Crippen molar-refractivity contribution in [2.24, 2.45) is 0 Å². The molecule has 0 spiro atoms. The van der Waals surface area contributed by atoms with Crippen molar-refractivity contribution in [2.75, 3.05) is 12.3 Å². The van der Waals surface area contributed by atoms with Crippen LogP contribution in [0.25, 0.3) is 0 Å². The van der Waals surface area contributed by atoms with E-state index >= 15 is 0 Å². The van der Waals surface area contributed by atoms with E-state index in [-0.39, 0.29) is 0 Å². The number of hydrogen-bond acceptors (Lipinski definition) is 2. The SMILES string of the molecule is CCCCC(CSc1cccc(Cl)c1)NCC. The zero-order valence-corrected chi connectivity index (χ0v) is 12.3. The molecular formula is C14H22ClNS. The summed E-state index contributed by atoms with van der Waals surface area (Å²) in [6.07, 6.45) is 3.83. The maximum atomic E-state index is 5.98. The molecule has 0 fully saturated rings. The van der Waals surface area contributed by atoms with Gasteiger partial charge in [0.15, 0.2) is 0 Å². The average molecular weight is 272 g/mol. The maximum absolute atomic E-state index is 5.98. The second-order valence-electron chi connectivity index (χ2n) is 4.17. The van der Waals surface area contributed by atoms with Crippen LogP contribution in [-0.4, -0.2) is 18.3 Å². The first kappa shape index (κ1) is 14.9. The molecule has 1 aromatic rings. The monoisotopic (exact) mass is 271 g/mol. The molecule has 0 heterocycles. The summed E-state index contributed by atoms with van der Waals surface area (Å²) >= 11 is 7.86. The Morgan fingerprint density at radius 1 is 1.35 bits per heavy atom. The van der Waals surface area contributed by atoms with Crippen molar-refractivity contribution >= 4 is 23.4 Å². The summed E-state index contributed by atoms with van der Waals surface area (Å²) in [7, 11) is 0. The summed E-state index contributed by atoms with van der Waals surface area (Å²) in [5, 5.41) is 4.37. The molecular weight excluding hydrogens is 250 g/mol. The van der Waals surface area contributed by atoms with E-state index in [4.69, 9.17) is 11.6 Å². The molecule has 0 aliphatic heterocycles. The van der Waals surface area contributed by atoms with Gasteiger partial charge in [-0.3, -0.25) is 0 Å². The highest BCUT2D eigenvalue weighted by molar-refractivity contribution is 7.99. The van der Waals surface area contributed by atoms with Gasteiger partial charge < -0.3 is 5.32 Å². The van der Waals surface area contributed by atoms with Crippen LogP contribution in [0.2, 0.25) is 5.02 Å². The molecule has 0 aliphatic rings. The standard InChI is InChI=1S/C14H22ClNS/c1-3-5-8-13(16-4-2)11-17-14-9-6-7-12(15)10-14/h6-7,9-10,13,16H,3-5,8,11H2,1-2H3. The highest BCUT2D eigenvalue weighted by atomic mass is 35.5. The zero-order chi connectivity index (χ0) is 12.5. The molecule has 0 radical (unpaired) electrons. The van der Waals surface area contributed by atoms with E-state index in [0.29, 0.717) is 6.04 Å². The highest BCUT2D eigenvalue weighted by Gasteiger charge is 2.07. The van der Waals surface area contributed by atoms with E-state index in [2.05, 4.69) is 25.2 Å². The van der Waals surface area contributed by atoms with Crippen molar-refractivity contribution in [2.45, 2.75) is 44.0 Å². The Bertz CT molecular complexity index is 317. The summed E-state index contributed by atoms with van der Waals surface area (Å²) in [5.74, 6) is 1.12. The molecule has 1 atom stereocenters. The van der Waals surface area contributed by atoms with E-state index in [1.54, 1.807) is 0 Å². The molecule has 1 N–H and O–H groups in total. The van der Waals surface area contributed by atoms with Crippen LogP contribution >= 0.6 is 23.4 Å². The van der Waals surface area contributed by atoms with Gasteiger partial charge in [-0.2, -0.15) is 0 Å². The van der Waals surface area contributed by atoms with Crippen LogP contribution in [0.4, 0.5) is 0 Å². The van der Waals surface area contributed by atoms with Gasteiger partial charge in [0.2, 0.25) is 0 Å². The van der Waals surface area contributed by atoms with Crippen molar-refractivity contribution in [3.63, 3.8) is 0 Å². The fourth-order valence-corrected chi connectivity index (χ4v) is 3.06. The molecule has 0 bridgehead atoms. The Morgan fingerprint density at radius 3 is 2.82 bits per heavy atom. The molecule has 0 amide bonds. The second-order valence-corrected chi connectivity index (χ2v) is 5.70. The van der Waals surface area contributed by atoms with Gasteiger partial charge in [0.1, 0.15) is 0 Å². The number of benzene rings is 1. The van der Waals surface area contributed by atoms with Crippen molar-refractivity contribution in [3.05, 3.63) is 29.3 Å². The van der Waals surface area contributed by atoms with Crippen LogP contribution in [0.5, 0.6) is 0 Å². The Hall–Kier alpha value is -0.180. The Morgan fingerprint density at radius 2 is 2.18 bits per heavy atom. The molecule has 1 unspecified atom stereocenters. The van der Waals surface area contributed by atoms with Gasteiger partial charge in [0.05, 0.1) is 0 Å². The maximum Gasteiger partial charge on any atom is 0.0417 e. The van der Waals surface area contributed by atoms with Gasteiger partial charge in [-0.1, -0.05) is 44.4 Å². The van der Waals surface area contributed by atoms with Gasteiger partial charge >= 0.3 is 0 Å². The fourth-order valence-electron chi connectivity index (χ4n) is 1.74. The lowest BCUT2D eigenvalue weighted by Gasteiger charge is -2.17. The molecule has 0 saturated carbocycles. The van der Waals surface area contributed by atoms with E-state index in [9.17, 15) is 0 Å². The van der Waals surface area contributed by atoms with Crippen molar-refractivity contribution < 1.29 is 0 Å². The molecule has 17 heavy (non-hydrogen) atoms. The lowest BCUT2D eigenvalue weighted by molar-refractivity contribution is 0.515. The van der Waals surface area contributed by atoms with E-state index in [0.717, 1.165) is 17.3 Å². The molecule has 3 heteroatoms. The van der Waals surface area contributed by atoms with Crippen LogP contribution in [0.15, 0.2) is 29.2 Å². The molecule has 96 valence electrons. The van der Waals surface area contributed by atoms with Crippen LogP contribution in [0.3, 0.4) is 0 Å². The molecule has 1 nitrogen and oxygen atoms in total. The Balaban J connectivity index is 2.39. The van der Waals surface area contributed by atoms with Crippen molar-refractivity contribution in [1.82, 2.24) is 5.32 Å². The third-order valence-electron chi connectivity index (χ3n) is 2.65. The minimum Gasteiger partial charge on any atom is -0.313 e. The molecule has 0 saturated heterocycles. The van der Waals surface area contributed by atoms with Crippen LogP contribution < -0.4 is 5.32 Å². The van der Waals surface area contributed by atoms with Gasteiger partial charge in [-0.25, -0.2) is 0 Å². The lowest BCUT2D eigenvalue weighted by atomic mass is 10.1. The van der Waals surface area contributed by atoms with E-state index < -0.39 is 0 Å². The van der Waals surface area contributed by atoms with Gasteiger partial charge in [-0.15, -0.1) is 11.8 Å². The summed E-state index contributed by atoms with van der Waals surface area (Å²) in [4.78, 5) is 1.26. The number of unbranched alkanes of at least 4 members (excludes halogenated alkanes) is 1. The van der Waals surface area contributed by atoms with Gasteiger partial charge in [0, 0.05) is 21.7 Å². The fraction of sp³-hybridized carbons (Fsp3) is 0.571. The number of rotatable bonds is 8. The van der Waals surface area contributed by atoms with Gasteiger partial charge in [-0.05, 0) is 31.2 Å². The van der Waals surface area contributed by atoms with Crippen molar-refractivity contribution in [1.29, 1.82) is 0 Å². The average Bonchev–Trinajstić information content (AvgIpc) is 2.33. The summed E-state index contributed by atoms with van der Waals surface area (Å²) < 4.78 is 0. The van der Waals surface area contributed by atoms with Crippen LogP contribution in [-0.2, 0) is 0 Å². The third-order valence-corrected chi connectivity index (χ3v) is 4.04. The molecule has 1 aromatic carbocycles. The third kappa shape index (κ3) is 6.35. The van der Waals surface area contributed by atoms with Crippen LogP contribution in [0, 0.1) is 0 Å². The smallest absolute Gasteiger partial charge is 0.0417 e. The van der Waals surface area contributed by atoms with Crippen LogP contribution in [0.1, 0.15) is 33.1 Å². The second kappa shape index (κ2) is 8.84. The summed E-state index contributed by atoms with van der Waals surface area (Å²) in [6, 6.07) is 8.71. The summed E-state index contributed by atoms with van der Waals surface area (Å²) in [6.45, 7) is 5.46. The van der Waals surface area contributed by atoms with E-state index in [1.807, 2.05) is 30.0 Å². The quantitative estimate of drug-likeness (QED) is 0.694. The normalized spacial score (nSPS) is 12.6. The topological polar surface area (TPSA) is 12.0 Å². The minimum absolute atomic E-state index is 0.615. The first-order valence-corrected chi connectivity index (χ1v) is 7.74.